The van der Waals surface area contributed by atoms with Crippen LogP contribution in [-0.2, 0) is 17.9 Å². The predicted octanol–water partition coefficient (Wildman–Crippen LogP) is 3.33. The number of piperazine rings is 1. The molecule has 1 saturated heterocycles. The van der Waals surface area contributed by atoms with Gasteiger partial charge in [0.2, 0.25) is 0 Å². The standard InChI is InChI=1S/C23H23F2N5O2/c1-14-17(2-3-18-19(14)13-32-23(18)31)21-12-29(7-6-27-21)10-15-9-28-30(11-15)16-4-5-26-20(8-16)22(24)25/h2-5,8-9,11,21-22,27H,6-7,10,12-13H2,1H3/t21-/m0/s1. The zero-order chi connectivity index (χ0) is 22.2. The molecule has 32 heavy (non-hydrogen) atoms. The van der Waals surface area contributed by atoms with Crippen molar-refractivity contribution in [1.82, 2.24) is 25.0 Å². The highest BCUT2D eigenvalue weighted by molar-refractivity contribution is 5.94. The number of ether oxygens (including phenoxy) is 1. The molecule has 0 saturated carbocycles. The van der Waals surface area contributed by atoms with Gasteiger partial charge in [-0.05, 0) is 36.2 Å². The fraction of sp³-hybridized carbons (Fsp3) is 0.348. The van der Waals surface area contributed by atoms with E-state index in [0.717, 1.165) is 36.3 Å². The van der Waals surface area contributed by atoms with E-state index in [4.69, 9.17) is 4.74 Å². The summed E-state index contributed by atoms with van der Waals surface area (Å²) >= 11 is 0. The van der Waals surface area contributed by atoms with Gasteiger partial charge in [0.1, 0.15) is 12.3 Å². The molecule has 0 bridgehead atoms. The first-order chi connectivity index (χ1) is 15.5. The van der Waals surface area contributed by atoms with E-state index < -0.39 is 6.43 Å². The van der Waals surface area contributed by atoms with Gasteiger partial charge in [-0.3, -0.25) is 9.88 Å². The van der Waals surface area contributed by atoms with E-state index >= 15 is 0 Å². The van der Waals surface area contributed by atoms with Gasteiger partial charge in [-0.1, -0.05) is 6.07 Å². The van der Waals surface area contributed by atoms with Crippen LogP contribution < -0.4 is 5.32 Å². The third-order valence-corrected chi connectivity index (χ3v) is 6.14. The summed E-state index contributed by atoms with van der Waals surface area (Å²) in [5, 5.41) is 7.92. The van der Waals surface area contributed by atoms with E-state index in [0.29, 0.717) is 24.4 Å². The number of rotatable bonds is 5. The number of esters is 1. The van der Waals surface area contributed by atoms with E-state index in [1.54, 1.807) is 16.9 Å². The highest BCUT2D eigenvalue weighted by Crippen LogP contribution is 2.30. The van der Waals surface area contributed by atoms with Crippen LogP contribution in [-0.4, -0.2) is 45.3 Å². The number of carbonyl (C=O) groups excluding carboxylic acids is 1. The first-order valence-electron chi connectivity index (χ1n) is 10.5. The van der Waals surface area contributed by atoms with Crippen LogP contribution >= 0.6 is 0 Å². The van der Waals surface area contributed by atoms with Gasteiger partial charge in [-0.2, -0.15) is 5.10 Å². The summed E-state index contributed by atoms with van der Waals surface area (Å²) in [6.45, 7) is 5.63. The van der Waals surface area contributed by atoms with Gasteiger partial charge in [0.05, 0.1) is 17.4 Å². The number of hydrogen-bond donors (Lipinski definition) is 1. The second-order valence-electron chi connectivity index (χ2n) is 8.16. The Morgan fingerprint density at radius 1 is 1.31 bits per heavy atom. The monoisotopic (exact) mass is 439 g/mol. The number of cyclic esters (lactones) is 1. The fourth-order valence-corrected chi connectivity index (χ4v) is 4.45. The summed E-state index contributed by atoms with van der Waals surface area (Å²) < 4.78 is 32.7. The smallest absolute Gasteiger partial charge is 0.338 e. The first kappa shape index (κ1) is 20.7. The summed E-state index contributed by atoms with van der Waals surface area (Å²) in [4.78, 5) is 17.9. The highest BCUT2D eigenvalue weighted by atomic mass is 19.3. The van der Waals surface area contributed by atoms with Crippen molar-refractivity contribution in [1.29, 1.82) is 0 Å². The van der Waals surface area contributed by atoms with E-state index in [2.05, 4.69) is 20.3 Å². The minimum absolute atomic E-state index is 0.147. The molecule has 1 N–H and O–H groups in total. The number of nitrogens with zero attached hydrogens (tertiary/aromatic N) is 4. The summed E-state index contributed by atoms with van der Waals surface area (Å²) in [5.74, 6) is -0.250. The number of fused-ring (bicyclic) bond motifs is 1. The molecule has 1 atom stereocenters. The zero-order valence-corrected chi connectivity index (χ0v) is 17.6. The van der Waals surface area contributed by atoms with E-state index in [-0.39, 0.29) is 17.7 Å². The zero-order valence-electron chi connectivity index (χ0n) is 17.6. The Morgan fingerprint density at radius 2 is 2.19 bits per heavy atom. The summed E-state index contributed by atoms with van der Waals surface area (Å²) in [5.41, 5.74) is 5.23. The lowest BCUT2D eigenvalue weighted by Gasteiger charge is -2.34. The molecular formula is C23H23F2N5O2. The number of alkyl halides is 2. The molecule has 2 aliphatic rings. The summed E-state index contributed by atoms with van der Waals surface area (Å²) in [6.07, 6.45) is 2.39. The minimum atomic E-state index is -2.62. The van der Waals surface area contributed by atoms with Crippen molar-refractivity contribution in [2.45, 2.75) is 32.5 Å². The van der Waals surface area contributed by atoms with Crippen molar-refractivity contribution < 1.29 is 18.3 Å². The number of benzene rings is 1. The van der Waals surface area contributed by atoms with Crippen LogP contribution in [0.3, 0.4) is 0 Å². The molecule has 5 rings (SSSR count). The first-order valence-corrected chi connectivity index (χ1v) is 10.5. The molecule has 9 heteroatoms. The van der Waals surface area contributed by atoms with E-state index in [1.807, 2.05) is 25.3 Å². The quantitative estimate of drug-likeness (QED) is 0.615. The number of carbonyl (C=O) groups is 1. The normalized spacial score (nSPS) is 18.8. The largest absolute Gasteiger partial charge is 0.457 e. The Labute approximate surface area is 184 Å². The van der Waals surface area contributed by atoms with Crippen LogP contribution in [0, 0.1) is 6.92 Å². The molecule has 0 unspecified atom stereocenters. The number of pyridine rings is 1. The van der Waals surface area contributed by atoms with Gasteiger partial charge in [0.15, 0.2) is 0 Å². The second kappa shape index (κ2) is 8.40. The van der Waals surface area contributed by atoms with Crippen molar-refractivity contribution in [2.75, 3.05) is 19.6 Å². The van der Waals surface area contributed by atoms with Crippen molar-refractivity contribution >= 4 is 5.97 Å². The van der Waals surface area contributed by atoms with Gasteiger partial charge in [0.25, 0.3) is 6.43 Å². The molecule has 0 spiro atoms. The molecule has 0 radical (unpaired) electrons. The second-order valence-corrected chi connectivity index (χ2v) is 8.16. The molecule has 4 heterocycles. The number of nitrogens with one attached hydrogen (secondary N) is 1. The Balaban J connectivity index is 1.30. The molecule has 2 aromatic heterocycles. The topological polar surface area (TPSA) is 72.3 Å². The maximum absolute atomic E-state index is 12.9. The molecule has 166 valence electrons. The lowest BCUT2D eigenvalue weighted by atomic mass is 9.93. The van der Waals surface area contributed by atoms with Crippen LogP contribution in [0.25, 0.3) is 5.69 Å². The van der Waals surface area contributed by atoms with Crippen LogP contribution in [0.4, 0.5) is 8.78 Å². The SMILES string of the molecule is Cc1c([C@@H]2CN(Cc3cnn(-c4ccnc(C(F)F)c4)c3)CCN2)ccc2c1COC2=O. The Hall–Kier alpha value is -3.17. The lowest BCUT2D eigenvalue weighted by Crippen LogP contribution is -2.45. The minimum Gasteiger partial charge on any atom is -0.457 e. The maximum Gasteiger partial charge on any atom is 0.338 e. The Bertz CT molecular complexity index is 1160. The molecule has 0 aliphatic carbocycles. The maximum atomic E-state index is 12.9. The van der Waals surface area contributed by atoms with E-state index in [9.17, 15) is 13.6 Å². The Kier molecular flexibility index (Phi) is 5.44. The van der Waals surface area contributed by atoms with Crippen molar-refractivity contribution in [3.05, 3.63) is 76.4 Å². The fourth-order valence-electron chi connectivity index (χ4n) is 4.45. The van der Waals surface area contributed by atoms with Crippen LogP contribution in [0.5, 0.6) is 0 Å². The molecular weight excluding hydrogens is 416 g/mol. The highest BCUT2D eigenvalue weighted by Gasteiger charge is 2.28. The van der Waals surface area contributed by atoms with Crippen molar-refractivity contribution in [2.24, 2.45) is 0 Å². The summed E-state index contributed by atoms with van der Waals surface area (Å²) in [6, 6.07) is 7.04. The van der Waals surface area contributed by atoms with Crippen molar-refractivity contribution in [3.63, 3.8) is 0 Å². The average Bonchev–Trinajstić information content (AvgIpc) is 3.42. The molecule has 2 aliphatic heterocycles. The van der Waals surface area contributed by atoms with Gasteiger partial charge < -0.3 is 10.1 Å². The van der Waals surface area contributed by atoms with Gasteiger partial charge >= 0.3 is 5.97 Å². The number of aromatic nitrogens is 3. The molecule has 1 aromatic carbocycles. The van der Waals surface area contributed by atoms with Gasteiger partial charge in [-0.25, -0.2) is 18.3 Å². The molecule has 0 amide bonds. The van der Waals surface area contributed by atoms with Crippen LogP contribution in [0.15, 0.2) is 42.9 Å². The summed E-state index contributed by atoms with van der Waals surface area (Å²) in [7, 11) is 0. The third-order valence-electron chi connectivity index (χ3n) is 6.14. The van der Waals surface area contributed by atoms with Crippen molar-refractivity contribution in [3.8, 4) is 5.69 Å². The molecule has 7 nitrogen and oxygen atoms in total. The van der Waals surface area contributed by atoms with Gasteiger partial charge in [-0.15, -0.1) is 0 Å². The molecule has 3 aromatic rings. The van der Waals surface area contributed by atoms with Gasteiger partial charge in [0, 0.05) is 55.7 Å². The lowest BCUT2D eigenvalue weighted by molar-refractivity contribution is 0.0535. The third kappa shape index (κ3) is 3.89. The molecule has 1 fully saturated rings. The van der Waals surface area contributed by atoms with E-state index in [1.165, 1.54) is 17.8 Å². The van der Waals surface area contributed by atoms with Crippen LogP contribution in [0.2, 0.25) is 0 Å². The predicted molar refractivity (Wildman–Crippen MR) is 113 cm³/mol. The average molecular weight is 439 g/mol. The number of halogens is 2. The Morgan fingerprint density at radius 3 is 3.03 bits per heavy atom. The number of hydrogen-bond acceptors (Lipinski definition) is 6. The van der Waals surface area contributed by atoms with Crippen LogP contribution in [0.1, 0.15) is 50.8 Å².